The Labute approximate surface area is 237 Å². The Balaban J connectivity index is 1.54. The molecule has 222 valence electrons. The zero-order valence-electron chi connectivity index (χ0n) is 24.7. The molecule has 2 saturated heterocycles. The number of rotatable bonds is 11. The normalized spacial score (nSPS) is 28.2. The average Bonchev–Trinajstić information content (AvgIpc) is 3.22. The van der Waals surface area contributed by atoms with Crippen LogP contribution in [0.25, 0.3) is 0 Å². The Morgan fingerprint density at radius 1 is 1.20 bits per heavy atom. The summed E-state index contributed by atoms with van der Waals surface area (Å²) in [5.41, 5.74) is 0.937. The second-order valence-corrected chi connectivity index (χ2v) is 12.4. The zero-order chi connectivity index (χ0) is 29.7. The van der Waals surface area contributed by atoms with Crippen LogP contribution >= 0.6 is 0 Å². The molecule has 1 aromatic carbocycles. The fourth-order valence-corrected chi connectivity index (χ4v) is 5.05. The number of ether oxygens (including phenoxy) is 4. The molecule has 2 fully saturated rings. The zero-order valence-corrected chi connectivity index (χ0v) is 24.7. The lowest BCUT2D eigenvalue weighted by atomic mass is 9.90. The first kappa shape index (κ1) is 31.9. The van der Waals surface area contributed by atoms with Crippen LogP contribution in [0.5, 0.6) is 0 Å². The molecule has 1 amide bonds. The molecular weight excluding hydrogens is 514 g/mol. The van der Waals surface area contributed by atoms with E-state index in [-0.39, 0.29) is 42.0 Å². The van der Waals surface area contributed by atoms with Crippen molar-refractivity contribution >= 4 is 17.7 Å². The molecule has 0 radical (unpaired) electrons. The summed E-state index contributed by atoms with van der Waals surface area (Å²) < 4.78 is 22.8. The highest BCUT2D eigenvalue weighted by Crippen LogP contribution is 2.32. The van der Waals surface area contributed by atoms with Crippen LogP contribution in [-0.4, -0.2) is 72.7 Å². The minimum atomic E-state index is -1.15. The number of cyclic esters (lactones) is 1. The monoisotopic (exact) mass is 559 g/mol. The Hall–Kier alpha value is -2.59. The van der Waals surface area contributed by atoms with E-state index in [2.05, 4.69) is 5.32 Å². The molecule has 0 aromatic heterocycles. The third kappa shape index (κ3) is 8.96. The van der Waals surface area contributed by atoms with Crippen LogP contribution in [-0.2, 0) is 39.8 Å². The summed E-state index contributed by atoms with van der Waals surface area (Å²) in [6.07, 6.45) is 0.414. The first-order valence-corrected chi connectivity index (χ1v) is 14.0. The third-order valence-electron chi connectivity index (χ3n) is 7.12. The van der Waals surface area contributed by atoms with E-state index in [0.717, 1.165) is 5.56 Å². The number of carbonyl (C=O) groups is 3. The summed E-state index contributed by atoms with van der Waals surface area (Å²) >= 11 is 0. The van der Waals surface area contributed by atoms with Gasteiger partial charge in [0.1, 0.15) is 30.5 Å². The number of ketones is 1. The Morgan fingerprint density at radius 2 is 1.88 bits per heavy atom. The quantitative estimate of drug-likeness (QED) is 0.313. The highest BCUT2D eigenvalue weighted by atomic mass is 16.7. The maximum absolute atomic E-state index is 13.3. The number of hydrogen-bond acceptors (Lipinski definition) is 8. The largest absolute Gasteiger partial charge is 0.460 e. The molecule has 2 heterocycles. The molecule has 0 bridgehead atoms. The number of methoxy groups -OCH3 is 1. The van der Waals surface area contributed by atoms with Gasteiger partial charge < -0.3 is 29.4 Å². The molecule has 2 N–H and O–H groups in total. The van der Waals surface area contributed by atoms with Crippen molar-refractivity contribution in [1.82, 2.24) is 5.32 Å². The predicted octanol–water partition coefficient (Wildman–Crippen LogP) is 3.37. The molecule has 0 saturated carbocycles. The molecule has 2 unspecified atom stereocenters. The third-order valence-corrected chi connectivity index (χ3v) is 7.12. The van der Waals surface area contributed by atoms with Gasteiger partial charge in [-0.3, -0.25) is 14.4 Å². The van der Waals surface area contributed by atoms with E-state index in [0.29, 0.717) is 12.8 Å². The van der Waals surface area contributed by atoms with Crippen LogP contribution in [0, 0.1) is 17.3 Å². The number of benzene rings is 1. The van der Waals surface area contributed by atoms with Crippen molar-refractivity contribution < 1.29 is 38.4 Å². The smallest absolute Gasteiger partial charge is 0.309 e. The molecule has 0 aliphatic carbocycles. The molecule has 9 nitrogen and oxygen atoms in total. The average molecular weight is 560 g/mol. The maximum atomic E-state index is 13.3. The van der Waals surface area contributed by atoms with Crippen molar-refractivity contribution in [3.05, 3.63) is 48.0 Å². The van der Waals surface area contributed by atoms with Gasteiger partial charge in [0.15, 0.2) is 11.6 Å². The topological polar surface area (TPSA) is 120 Å². The van der Waals surface area contributed by atoms with Crippen molar-refractivity contribution in [3.8, 4) is 0 Å². The fraction of sp³-hybridized carbons (Fsp3) is 0.645. The highest BCUT2D eigenvalue weighted by molar-refractivity contribution is 5.89. The van der Waals surface area contributed by atoms with Gasteiger partial charge in [-0.1, -0.05) is 70.2 Å². The number of nitrogens with one attached hydrogen (secondary N) is 1. The Bertz CT molecular complexity index is 1050. The molecule has 2 aliphatic rings. The minimum absolute atomic E-state index is 0.109. The fourth-order valence-electron chi connectivity index (χ4n) is 5.05. The summed E-state index contributed by atoms with van der Waals surface area (Å²) in [4.78, 5) is 38.4. The van der Waals surface area contributed by atoms with Crippen LogP contribution in [0.15, 0.2) is 42.5 Å². The first-order valence-electron chi connectivity index (χ1n) is 14.0. The molecule has 40 heavy (non-hydrogen) atoms. The van der Waals surface area contributed by atoms with Gasteiger partial charge >= 0.3 is 5.97 Å². The summed E-state index contributed by atoms with van der Waals surface area (Å²) in [5, 5.41) is 13.9. The van der Waals surface area contributed by atoms with Gasteiger partial charge in [0.2, 0.25) is 5.91 Å². The lowest BCUT2D eigenvalue weighted by molar-refractivity contribution is -0.334. The van der Waals surface area contributed by atoms with Crippen molar-refractivity contribution in [1.29, 1.82) is 0 Å². The number of carbonyl (C=O) groups excluding carboxylic acids is 3. The molecule has 9 heteroatoms. The van der Waals surface area contributed by atoms with E-state index < -0.39 is 42.2 Å². The van der Waals surface area contributed by atoms with Crippen molar-refractivity contribution in [2.24, 2.45) is 17.3 Å². The van der Waals surface area contributed by atoms with E-state index in [1.54, 1.807) is 26.8 Å². The van der Waals surface area contributed by atoms with E-state index in [9.17, 15) is 19.5 Å². The van der Waals surface area contributed by atoms with E-state index in [4.69, 9.17) is 18.9 Å². The van der Waals surface area contributed by atoms with Gasteiger partial charge in [-0.2, -0.15) is 0 Å². The number of allylic oxidation sites excluding steroid dienone is 1. The molecule has 3 rings (SSSR count). The van der Waals surface area contributed by atoms with Crippen LogP contribution < -0.4 is 5.32 Å². The second kappa shape index (κ2) is 13.4. The van der Waals surface area contributed by atoms with E-state index >= 15 is 0 Å². The summed E-state index contributed by atoms with van der Waals surface area (Å²) in [7, 11) is 1.38. The summed E-state index contributed by atoms with van der Waals surface area (Å²) in [5.74, 6) is -2.92. The van der Waals surface area contributed by atoms with Crippen LogP contribution in [0.3, 0.4) is 0 Å². The second-order valence-electron chi connectivity index (χ2n) is 12.4. The summed E-state index contributed by atoms with van der Waals surface area (Å²) in [6, 6.07) is 9.74. The van der Waals surface area contributed by atoms with Crippen molar-refractivity contribution in [2.45, 2.75) is 97.1 Å². The lowest BCUT2D eigenvalue weighted by Gasteiger charge is -2.45. The van der Waals surface area contributed by atoms with E-state index in [1.807, 2.05) is 57.2 Å². The predicted molar refractivity (Wildman–Crippen MR) is 149 cm³/mol. The number of hydrogen-bond donors (Lipinski definition) is 2. The van der Waals surface area contributed by atoms with Gasteiger partial charge in [0, 0.05) is 19.4 Å². The van der Waals surface area contributed by atoms with Crippen molar-refractivity contribution in [3.63, 3.8) is 0 Å². The summed E-state index contributed by atoms with van der Waals surface area (Å²) in [6.45, 7) is 11.4. The molecule has 0 spiro atoms. The van der Waals surface area contributed by atoms with Gasteiger partial charge in [-0.05, 0) is 37.7 Å². The Kier molecular flexibility index (Phi) is 10.7. The SMILES string of the molecule is CO[C@@H](C(=O)C[C@@H](C)C(=O)NCC1CC(Cc2ccccc2)C(=O)O1)[C@@H]1OC(C)(C)O[C@H](/C=C/C(C)(C)C)[C@@H]1O. The van der Waals surface area contributed by atoms with Crippen LogP contribution in [0.4, 0.5) is 0 Å². The lowest BCUT2D eigenvalue weighted by Crippen LogP contribution is -2.59. The van der Waals surface area contributed by atoms with E-state index in [1.165, 1.54) is 7.11 Å². The Morgan fingerprint density at radius 3 is 2.50 bits per heavy atom. The number of amides is 1. The minimum Gasteiger partial charge on any atom is -0.460 e. The molecule has 7 atom stereocenters. The number of esters is 1. The highest BCUT2D eigenvalue weighted by Gasteiger charge is 2.47. The number of Topliss-reactive ketones (excluding diaryl/α,β-unsaturated/α-hetero) is 1. The number of aliphatic hydroxyl groups is 1. The molecule has 2 aliphatic heterocycles. The van der Waals surface area contributed by atoms with Crippen molar-refractivity contribution in [2.75, 3.05) is 13.7 Å². The maximum Gasteiger partial charge on any atom is 0.309 e. The number of aliphatic hydroxyl groups excluding tert-OH is 1. The first-order chi connectivity index (χ1) is 18.7. The standard InChI is InChI=1S/C31H45NO8/c1-19(28(35)32-18-22-17-21(29(36)38-22)16-20-11-9-8-10-12-20)15-23(33)26(37-7)27-25(34)24(13-14-30(2,3)4)39-31(5,6)40-27/h8-14,19,21-22,24-27,34H,15-18H2,1-7H3,(H,32,35)/b14-13+/t19-,21?,22?,24-,25+,26+,27-/m1/s1. The van der Waals surface area contributed by atoms with Gasteiger partial charge in [0.25, 0.3) is 0 Å². The van der Waals surface area contributed by atoms with Gasteiger partial charge in [-0.25, -0.2) is 0 Å². The van der Waals surface area contributed by atoms with Gasteiger partial charge in [-0.15, -0.1) is 0 Å². The van der Waals surface area contributed by atoms with Gasteiger partial charge in [0.05, 0.1) is 12.5 Å². The molecular formula is C31H45NO8. The van der Waals surface area contributed by atoms with Crippen LogP contribution in [0.2, 0.25) is 0 Å². The van der Waals surface area contributed by atoms with Crippen LogP contribution in [0.1, 0.15) is 59.9 Å². The molecule has 1 aromatic rings.